The monoisotopic (exact) mass is 226 g/mol. The molecule has 1 unspecified atom stereocenters. The molecule has 1 nitrogen and oxygen atoms in total. The van der Waals surface area contributed by atoms with E-state index < -0.39 is 6.17 Å². The fourth-order valence-electron chi connectivity index (χ4n) is 1.89. The highest BCUT2D eigenvalue weighted by atomic mass is 19.1. The summed E-state index contributed by atoms with van der Waals surface area (Å²) in [5.41, 5.74) is 1.76. The number of halogens is 1. The van der Waals surface area contributed by atoms with Gasteiger partial charge in [-0.25, -0.2) is 4.39 Å². The zero-order chi connectivity index (χ0) is 11.7. The maximum absolute atomic E-state index is 13.8. The molecule has 0 radical (unpaired) electrons. The van der Waals surface area contributed by atoms with Crippen molar-refractivity contribution in [2.75, 3.05) is 0 Å². The lowest BCUT2D eigenvalue weighted by molar-refractivity contribution is 0.236. The van der Waals surface area contributed by atoms with Crippen LogP contribution in [0.4, 0.5) is 4.39 Å². The molecule has 0 saturated carbocycles. The highest BCUT2D eigenvalue weighted by Gasteiger charge is 2.23. The Hall–Kier alpha value is -2.09. The van der Waals surface area contributed by atoms with E-state index in [0.717, 1.165) is 16.9 Å². The van der Waals surface area contributed by atoms with Crippen molar-refractivity contribution in [2.24, 2.45) is 0 Å². The van der Waals surface area contributed by atoms with Gasteiger partial charge in [-0.3, -0.25) is 0 Å². The Bertz CT molecular complexity index is 550. The van der Waals surface area contributed by atoms with Crippen LogP contribution in [0.3, 0.4) is 0 Å². The van der Waals surface area contributed by atoms with E-state index in [1.54, 1.807) is 12.2 Å². The fourth-order valence-corrected chi connectivity index (χ4v) is 1.89. The molecule has 0 spiro atoms. The summed E-state index contributed by atoms with van der Waals surface area (Å²) in [5, 5.41) is 0. The van der Waals surface area contributed by atoms with Gasteiger partial charge >= 0.3 is 0 Å². The summed E-state index contributed by atoms with van der Waals surface area (Å²) >= 11 is 0. The molecule has 1 aromatic carbocycles. The Morgan fingerprint density at radius 3 is 2.82 bits per heavy atom. The maximum Gasteiger partial charge on any atom is 0.177 e. The molecule has 0 amide bonds. The SMILES string of the molecule is FC1C=C2C=CC=C2OC1=Cc1ccccc1. The normalized spacial score (nSPS) is 24.1. The number of hydrogen-bond donors (Lipinski definition) is 0. The number of allylic oxidation sites excluding steroid dienone is 4. The lowest BCUT2D eigenvalue weighted by atomic mass is 10.1. The molecule has 84 valence electrons. The van der Waals surface area contributed by atoms with Crippen LogP contribution in [0.2, 0.25) is 0 Å². The largest absolute Gasteiger partial charge is 0.458 e. The molecule has 2 heteroatoms. The second kappa shape index (κ2) is 4.06. The molecule has 1 aliphatic carbocycles. The van der Waals surface area contributed by atoms with E-state index in [1.807, 2.05) is 48.6 Å². The number of fused-ring (bicyclic) bond motifs is 1. The van der Waals surface area contributed by atoms with Crippen LogP contribution in [-0.4, -0.2) is 6.17 Å². The molecule has 2 aliphatic rings. The molecule has 0 N–H and O–H groups in total. The first-order valence-electron chi connectivity index (χ1n) is 5.52. The highest BCUT2D eigenvalue weighted by molar-refractivity contribution is 5.57. The first kappa shape index (κ1) is 10.1. The second-order valence-corrected chi connectivity index (χ2v) is 3.97. The van der Waals surface area contributed by atoms with Crippen molar-refractivity contribution in [1.82, 2.24) is 0 Å². The zero-order valence-electron chi connectivity index (χ0n) is 9.14. The van der Waals surface area contributed by atoms with E-state index in [-0.39, 0.29) is 0 Å². The molecule has 0 aromatic heterocycles. The smallest absolute Gasteiger partial charge is 0.177 e. The van der Waals surface area contributed by atoms with E-state index in [1.165, 1.54) is 0 Å². The molecule has 3 rings (SSSR count). The van der Waals surface area contributed by atoms with E-state index in [4.69, 9.17) is 4.74 Å². The summed E-state index contributed by atoms with van der Waals surface area (Å²) in [5.74, 6) is 1.07. The lowest BCUT2D eigenvalue weighted by Gasteiger charge is -2.19. The van der Waals surface area contributed by atoms with Gasteiger partial charge in [0.15, 0.2) is 6.17 Å². The van der Waals surface area contributed by atoms with E-state index in [0.29, 0.717) is 5.76 Å². The predicted octanol–water partition coefficient (Wildman–Crippen LogP) is 3.78. The lowest BCUT2D eigenvalue weighted by Crippen LogP contribution is -2.11. The number of alkyl halides is 1. The first-order valence-corrected chi connectivity index (χ1v) is 5.52. The maximum atomic E-state index is 13.8. The molecule has 1 heterocycles. The number of hydrogen-bond acceptors (Lipinski definition) is 1. The van der Waals surface area contributed by atoms with Crippen LogP contribution >= 0.6 is 0 Å². The third-order valence-corrected chi connectivity index (χ3v) is 2.74. The van der Waals surface area contributed by atoms with Gasteiger partial charge in [0, 0.05) is 5.57 Å². The van der Waals surface area contributed by atoms with Gasteiger partial charge in [-0.05, 0) is 23.8 Å². The van der Waals surface area contributed by atoms with Crippen LogP contribution in [0, 0.1) is 0 Å². The van der Waals surface area contributed by atoms with Crippen molar-refractivity contribution in [2.45, 2.75) is 6.17 Å². The van der Waals surface area contributed by atoms with Gasteiger partial charge in [0.05, 0.1) is 0 Å². The van der Waals surface area contributed by atoms with Crippen LogP contribution < -0.4 is 0 Å². The van der Waals surface area contributed by atoms with Gasteiger partial charge in [-0.2, -0.15) is 0 Å². The molecule has 0 fully saturated rings. The highest BCUT2D eigenvalue weighted by Crippen LogP contribution is 2.32. The molecule has 1 atom stereocenters. The van der Waals surface area contributed by atoms with Crippen LogP contribution in [0.5, 0.6) is 0 Å². The van der Waals surface area contributed by atoms with E-state index in [2.05, 4.69) is 0 Å². The van der Waals surface area contributed by atoms with Gasteiger partial charge in [-0.1, -0.05) is 42.5 Å². The van der Waals surface area contributed by atoms with Crippen LogP contribution in [0.1, 0.15) is 5.56 Å². The second-order valence-electron chi connectivity index (χ2n) is 3.97. The number of rotatable bonds is 1. The molecule has 0 saturated heterocycles. The number of ether oxygens (including phenoxy) is 1. The van der Waals surface area contributed by atoms with E-state index >= 15 is 0 Å². The van der Waals surface area contributed by atoms with Crippen molar-refractivity contribution in [3.05, 3.63) is 77.3 Å². The van der Waals surface area contributed by atoms with Crippen molar-refractivity contribution in [1.29, 1.82) is 0 Å². The van der Waals surface area contributed by atoms with Crippen molar-refractivity contribution in [3.63, 3.8) is 0 Å². The minimum atomic E-state index is -1.18. The van der Waals surface area contributed by atoms with Crippen LogP contribution in [-0.2, 0) is 4.74 Å². The molecule has 0 bridgehead atoms. The summed E-state index contributed by atoms with van der Waals surface area (Å²) < 4.78 is 19.4. The Kier molecular flexibility index (Phi) is 2.41. The van der Waals surface area contributed by atoms with Crippen LogP contribution in [0.25, 0.3) is 6.08 Å². The standard InChI is InChI=1S/C15H11FO/c16-13-10-12-7-4-8-14(12)17-15(13)9-11-5-2-1-3-6-11/h1-10,13H. The average Bonchev–Trinajstić information content (AvgIpc) is 2.78. The molecule has 1 aromatic rings. The summed E-state index contributed by atoms with van der Waals surface area (Å²) in [7, 11) is 0. The Balaban J connectivity index is 1.94. The van der Waals surface area contributed by atoms with Gasteiger partial charge in [0.2, 0.25) is 0 Å². The Morgan fingerprint density at radius 2 is 2.00 bits per heavy atom. The van der Waals surface area contributed by atoms with E-state index in [9.17, 15) is 4.39 Å². The minimum absolute atomic E-state index is 0.343. The fraction of sp³-hybridized carbons (Fsp3) is 0.0667. The van der Waals surface area contributed by atoms with Gasteiger partial charge in [0.25, 0.3) is 0 Å². The summed E-state index contributed by atoms with van der Waals surface area (Å²) in [6, 6.07) is 9.60. The van der Waals surface area contributed by atoms with Crippen molar-refractivity contribution < 1.29 is 9.13 Å². The van der Waals surface area contributed by atoms with Crippen molar-refractivity contribution in [3.8, 4) is 0 Å². The predicted molar refractivity (Wildman–Crippen MR) is 65.7 cm³/mol. The minimum Gasteiger partial charge on any atom is -0.458 e. The summed E-state index contributed by atoms with van der Waals surface area (Å²) in [6.45, 7) is 0. The molecular weight excluding hydrogens is 215 g/mol. The third kappa shape index (κ3) is 1.94. The van der Waals surface area contributed by atoms with Crippen LogP contribution in [0.15, 0.2) is 71.7 Å². The van der Waals surface area contributed by atoms with Gasteiger partial charge in [-0.15, -0.1) is 0 Å². The molecule has 1 aliphatic heterocycles. The Labute approximate surface area is 99.2 Å². The Morgan fingerprint density at radius 1 is 1.18 bits per heavy atom. The van der Waals surface area contributed by atoms with Gasteiger partial charge < -0.3 is 4.74 Å². The summed E-state index contributed by atoms with van der Waals surface area (Å²) in [4.78, 5) is 0. The third-order valence-electron chi connectivity index (χ3n) is 2.74. The van der Waals surface area contributed by atoms with Crippen molar-refractivity contribution >= 4 is 6.08 Å². The summed E-state index contributed by atoms with van der Waals surface area (Å²) in [6.07, 6.45) is 7.69. The first-order chi connectivity index (χ1) is 8.33. The van der Waals surface area contributed by atoms with Gasteiger partial charge in [0.1, 0.15) is 11.5 Å². The zero-order valence-corrected chi connectivity index (χ0v) is 9.14. The number of benzene rings is 1. The quantitative estimate of drug-likeness (QED) is 0.708. The average molecular weight is 226 g/mol. The molecule has 17 heavy (non-hydrogen) atoms. The topological polar surface area (TPSA) is 9.23 Å². The molecular formula is C15H11FO.